The van der Waals surface area contributed by atoms with Crippen LogP contribution in [0.15, 0.2) is 23.1 Å². The molecule has 1 aromatic carbocycles. The predicted molar refractivity (Wildman–Crippen MR) is 100 cm³/mol. The Morgan fingerprint density at radius 1 is 1.28 bits per heavy atom. The van der Waals surface area contributed by atoms with Crippen molar-refractivity contribution < 1.29 is 9.59 Å². The Hall–Kier alpha value is -1.24. The smallest absolute Gasteiger partial charge is 0.238 e. The molecule has 0 spiro atoms. The Morgan fingerprint density at radius 2 is 2.04 bits per heavy atom. The third kappa shape index (κ3) is 4.13. The zero-order valence-electron chi connectivity index (χ0n) is 14.0. The van der Waals surface area contributed by atoms with E-state index in [1.165, 1.54) is 24.6 Å². The van der Waals surface area contributed by atoms with E-state index >= 15 is 0 Å². The van der Waals surface area contributed by atoms with Crippen LogP contribution >= 0.6 is 23.4 Å². The van der Waals surface area contributed by atoms with Crippen LogP contribution in [-0.2, 0) is 9.59 Å². The number of halogens is 1. The van der Waals surface area contributed by atoms with E-state index in [4.69, 9.17) is 11.6 Å². The van der Waals surface area contributed by atoms with Crippen molar-refractivity contribution >= 4 is 40.9 Å². The van der Waals surface area contributed by atoms with Crippen molar-refractivity contribution in [3.8, 4) is 0 Å². The van der Waals surface area contributed by atoms with Gasteiger partial charge in [-0.2, -0.15) is 0 Å². The summed E-state index contributed by atoms with van der Waals surface area (Å²) in [7, 11) is 0. The summed E-state index contributed by atoms with van der Waals surface area (Å²) in [6.45, 7) is 2.14. The van der Waals surface area contributed by atoms with Gasteiger partial charge in [-0.3, -0.25) is 9.59 Å². The van der Waals surface area contributed by atoms with Gasteiger partial charge in [0.05, 0.1) is 10.9 Å². The van der Waals surface area contributed by atoms with Gasteiger partial charge in [-0.15, -0.1) is 11.8 Å². The number of likely N-dealkylation sites (tertiary alicyclic amines) is 1. The van der Waals surface area contributed by atoms with Crippen molar-refractivity contribution in [3.63, 3.8) is 0 Å². The van der Waals surface area contributed by atoms with E-state index < -0.39 is 0 Å². The second-order valence-corrected chi connectivity index (χ2v) is 8.73. The summed E-state index contributed by atoms with van der Waals surface area (Å²) in [5.74, 6) is -0.159. The summed E-state index contributed by atoms with van der Waals surface area (Å²) in [5, 5.41) is 6.18. The fraction of sp³-hybridized carbons (Fsp3) is 0.556. The van der Waals surface area contributed by atoms with Gasteiger partial charge in [-0.25, -0.2) is 0 Å². The average Bonchev–Trinajstić information content (AvgIpc) is 3.41. The van der Waals surface area contributed by atoms with Gasteiger partial charge in [-0.1, -0.05) is 11.6 Å². The van der Waals surface area contributed by atoms with Crippen molar-refractivity contribution in [2.75, 3.05) is 18.4 Å². The zero-order chi connectivity index (χ0) is 17.4. The van der Waals surface area contributed by atoms with E-state index in [0.717, 1.165) is 42.6 Å². The number of carbonyl (C=O) groups is 2. The molecule has 1 atom stereocenters. The SMILES string of the molecule is O=C(CC1Sc2ccc(Cl)cc2NC1=O)NC1CCN(C2CC2)CC1. The standard InChI is InChI=1S/C18H22ClN3O2S/c19-11-1-4-15-14(9-11)21-18(24)16(25-15)10-17(23)20-12-5-7-22(8-6-12)13-2-3-13/h1,4,9,12-13,16H,2-3,5-8,10H2,(H,20,23)(H,21,24). The Balaban J connectivity index is 1.29. The van der Waals surface area contributed by atoms with Crippen LogP contribution in [0.4, 0.5) is 5.69 Å². The van der Waals surface area contributed by atoms with E-state index in [0.29, 0.717) is 5.02 Å². The average molecular weight is 380 g/mol. The highest BCUT2D eigenvalue weighted by molar-refractivity contribution is 8.01. The third-order valence-corrected chi connectivity index (χ3v) is 6.60. The second kappa shape index (κ2) is 7.17. The first-order chi connectivity index (χ1) is 12.1. The molecule has 0 radical (unpaired) electrons. The lowest BCUT2D eigenvalue weighted by molar-refractivity contribution is -0.124. The molecule has 134 valence electrons. The lowest BCUT2D eigenvalue weighted by Gasteiger charge is -2.32. The van der Waals surface area contributed by atoms with Crippen LogP contribution in [0.25, 0.3) is 0 Å². The van der Waals surface area contributed by atoms with Crippen LogP contribution in [0, 0.1) is 0 Å². The van der Waals surface area contributed by atoms with Gasteiger partial charge >= 0.3 is 0 Å². The van der Waals surface area contributed by atoms with Gasteiger partial charge in [-0.05, 0) is 43.9 Å². The van der Waals surface area contributed by atoms with E-state index in [2.05, 4.69) is 15.5 Å². The van der Waals surface area contributed by atoms with E-state index in [9.17, 15) is 9.59 Å². The van der Waals surface area contributed by atoms with Crippen LogP contribution in [0.5, 0.6) is 0 Å². The minimum atomic E-state index is -0.389. The summed E-state index contributed by atoms with van der Waals surface area (Å²) in [5.41, 5.74) is 0.728. The largest absolute Gasteiger partial charge is 0.353 e. The number of thioether (sulfide) groups is 1. The molecular weight excluding hydrogens is 358 g/mol. The number of benzene rings is 1. The first kappa shape index (κ1) is 17.2. The molecule has 5 nitrogen and oxygen atoms in total. The molecule has 2 aliphatic heterocycles. The fourth-order valence-electron chi connectivity index (χ4n) is 3.56. The van der Waals surface area contributed by atoms with Crippen LogP contribution in [0.1, 0.15) is 32.1 Å². The Morgan fingerprint density at radius 3 is 2.76 bits per heavy atom. The van der Waals surface area contributed by atoms with Crippen LogP contribution in [0.2, 0.25) is 5.02 Å². The van der Waals surface area contributed by atoms with E-state index in [1.807, 2.05) is 6.07 Å². The second-order valence-electron chi connectivity index (χ2n) is 7.05. The van der Waals surface area contributed by atoms with Crippen molar-refractivity contribution in [1.82, 2.24) is 10.2 Å². The minimum absolute atomic E-state index is 0.0325. The molecule has 1 aliphatic carbocycles. The lowest BCUT2D eigenvalue weighted by atomic mass is 10.0. The number of fused-ring (bicyclic) bond motifs is 1. The molecule has 1 saturated heterocycles. The van der Waals surface area contributed by atoms with Crippen LogP contribution in [-0.4, -0.2) is 47.1 Å². The Kier molecular flexibility index (Phi) is 4.93. The summed E-state index contributed by atoms with van der Waals surface area (Å²) < 4.78 is 0. The maximum absolute atomic E-state index is 12.4. The summed E-state index contributed by atoms with van der Waals surface area (Å²) in [6, 6.07) is 6.47. The molecule has 1 unspecified atom stereocenters. The highest BCUT2D eigenvalue weighted by Crippen LogP contribution is 2.38. The van der Waals surface area contributed by atoms with Gasteiger partial charge in [0.2, 0.25) is 11.8 Å². The predicted octanol–water partition coefficient (Wildman–Crippen LogP) is 2.89. The normalized spacial score (nSPS) is 24.5. The molecule has 2 N–H and O–H groups in total. The van der Waals surface area contributed by atoms with E-state index in [-0.39, 0.29) is 29.5 Å². The highest BCUT2D eigenvalue weighted by atomic mass is 35.5. The number of nitrogens with zero attached hydrogens (tertiary/aromatic N) is 1. The van der Waals surface area contributed by atoms with Gasteiger partial charge in [0.1, 0.15) is 0 Å². The molecule has 1 aromatic rings. The molecule has 0 aromatic heterocycles. The number of anilines is 1. The van der Waals surface area contributed by atoms with E-state index in [1.54, 1.807) is 12.1 Å². The van der Waals surface area contributed by atoms with Crippen LogP contribution < -0.4 is 10.6 Å². The fourth-order valence-corrected chi connectivity index (χ4v) is 4.82. The maximum Gasteiger partial charge on any atom is 0.238 e. The van der Waals surface area contributed by atoms with Gasteiger partial charge < -0.3 is 15.5 Å². The van der Waals surface area contributed by atoms with Crippen molar-refractivity contribution in [2.45, 2.75) is 54.3 Å². The van der Waals surface area contributed by atoms with Crippen LogP contribution in [0.3, 0.4) is 0 Å². The highest BCUT2D eigenvalue weighted by Gasteiger charge is 2.33. The summed E-state index contributed by atoms with van der Waals surface area (Å²) in [4.78, 5) is 28.1. The zero-order valence-corrected chi connectivity index (χ0v) is 15.5. The molecule has 4 rings (SSSR count). The van der Waals surface area contributed by atoms with Gasteiger partial charge in [0.15, 0.2) is 0 Å². The summed E-state index contributed by atoms with van der Waals surface area (Å²) >= 11 is 7.40. The van der Waals surface area contributed by atoms with Gasteiger partial charge in [0, 0.05) is 41.5 Å². The molecule has 2 amide bonds. The first-order valence-corrected chi connectivity index (χ1v) is 10.1. The number of amides is 2. The van der Waals surface area contributed by atoms with Gasteiger partial charge in [0.25, 0.3) is 0 Å². The lowest BCUT2D eigenvalue weighted by Crippen LogP contribution is -2.46. The monoisotopic (exact) mass is 379 g/mol. The maximum atomic E-state index is 12.4. The number of hydrogen-bond donors (Lipinski definition) is 2. The number of rotatable bonds is 4. The number of nitrogens with one attached hydrogen (secondary N) is 2. The topological polar surface area (TPSA) is 61.4 Å². The third-order valence-electron chi connectivity index (χ3n) is 5.09. The first-order valence-electron chi connectivity index (χ1n) is 8.89. The molecule has 0 bridgehead atoms. The summed E-state index contributed by atoms with van der Waals surface area (Å²) in [6.07, 6.45) is 4.89. The van der Waals surface area contributed by atoms with Crippen molar-refractivity contribution in [1.29, 1.82) is 0 Å². The van der Waals surface area contributed by atoms with Crippen molar-refractivity contribution in [3.05, 3.63) is 23.2 Å². The molecule has 25 heavy (non-hydrogen) atoms. The number of carbonyl (C=O) groups excluding carboxylic acids is 2. The molecule has 1 saturated carbocycles. The molecule has 2 fully saturated rings. The molecular formula is C18H22ClN3O2S. The Labute approximate surface area is 156 Å². The number of hydrogen-bond acceptors (Lipinski definition) is 4. The molecule has 3 aliphatic rings. The number of piperidine rings is 1. The molecule has 7 heteroatoms. The Bertz CT molecular complexity index is 687. The molecule has 2 heterocycles. The van der Waals surface area contributed by atoms with Crippen molar-refractivity contribution in [2.24, 2.45) is 0 Å². The minimum Gasteiger partial charge on any atom is -0.353 e. The quantitative estimate of drug-likeness (QED) is 0.844.